The summed E-state index contributed by atoms with van der Waals surface area (Å²) in [5.41, 5.74) is 0.316. The van der Waals surface area contributed by atoms with Gasteiger partial charge in [0.2, 0.25) is 9.04 Å². The minimum absolute atomic E-state index is 0.0405. The lowest BCUT2D eigenvalue weighted by Crippen LogP contribution is -2.63. The van der Waals surface area contributed by atoms with E-state index in [0.29, 0.717) is 11.6 Å². The van der Waals surface area contributed by atoms with Gasteiger partial charge >= 0.3 is 0 Å². The lowest BCUT2D eigenvalue weighted by atomic mass is 9.80. The van der Waals surface area contributed by atoms with Crippen LogP contribution < -0.4 is 5.32 Å². The Hall–Kier alpha value is -0.663. The van der Waals surface area contributed by atoms with Crippen LogP contribution >= 0.6 is 23.4 Å². The fourth-order valence-corrected chi connectivity index (χ4v) is 4.77. The first-order chi connectivity index (χ1) is 11.6. The normalized spacial score (nSPS) is 21.2. The molecule has 0 amide bonds. The molecule has 25 heavy (non-hydrogen) atoms. The molecule has 0 bridgehead atoms. The number of thioether (sulfide) groups is 1. The third kappa shape index (κ3) is 4.36. The highest BCUT2D eigenvalue weighted by molar-refractivity contribution is 8.03. The van der Waals surface area contributed by atoms with E-state index in [9.17, 15) is 5.11 Å². The van der Waals surface area contributed by atoms with E-state index < -0.39 is 14.7 Å². The summed E-state index contributed by atoms with van der Waals surface area (Å²) in [7, 11) is 1.25. The minimum atomic E-state index is -0.819. The van der Waals surface area contributed by atoms with Gasteiger partial charge in [-0.3, -0.25) is 0 Å². The maximum atomic E-state index is 9.94. The van der Waals surface area contributed by atoms with Gasteiger partial charge in [-0.05, 0) is 31.3 Å². The van der Waals surface area contributed by atoms with Crippen molar-refractivity contribution in [1.29, 1.82) is 0 Å². The molecule has 0 saturated carbocycles. The van der Waals surface area contributed by atoms with Crippen LogP contribution in [0.1, 0.15) is 20.8 Å². The summed E-state index contributed by atoms with van der Waals surface area (Å²) >= 11 is 7.74. The maximum absolute atomic E-state index is 9.94. The second kappa shape index (κ2) is 7.92. The summed E-state index contributed by atoms with van der Waals surface area (Å²) in [6, 6.07) is 7.77. The topological polar surface area (TPSA) is 44.7 Å². The lowest BCUT2D eigenvalue weighted by molar-refractivity contribution is -0.00856. The zero-order valence-electron chi connectivity index (χ0n) is 15.8. The van der Waals surface area contributed by atoms with Crippen LogP contribution in [-0.2, 0) is 4.43 Å². The van der Waals surface area contributed by atoms with E-state index in [-0.39, 0.29) is 12.0 Å². The van der Waals surface area contributed by atoms with Gasteiger partial charge in [0.25, 0.3) is 0 Å². The van der Waals surface area contributed by atoms with Crippen molar-refractivity contribution < 1.29 is 9.53 Å². The highest BCUT2D eigenvalue weighted by atomic mass is 35.5. The Balaban J connectivity index is 2.36. The molecule has 0 spiro atoms. The number of halogens is 1. The molecule has 1 aliphatic rings. The number of benzene rings is 1. The number of nitrogens with zero attached hydrogens (tertiary/aromatic N) is 1. The van der Waals surface area contributed by atoms with Crippen LogP contribution in [-0.4, -0.2) is 45.0 Å². The number of hydrogen-bond acceptors (Lipinski definition) is 5. The van der Waals surface area contributed by atoms with Gasteiger partial charge < -0.3 is 19.7 Å². The van der Waals surface area contributed by atoms with Gasteiger partial charge in [0.15, 0.2) is 0 Å². The molecule has 2 rings (SSSR count). The first-order valence-corrected chi connectivity index (χ1v) is 11.9. The average molecular weight is 400 g/mol. The van der Waals surface area contributed by atoms with E-state index in [1.807, 2.05) is 24.3 Å². The molecule has 139 valence electrons. The van der Waals surface area contributed by atoms with Crippen molar-refractivity contribution in [3.8, 4) is 0 Å². The molecular formula is C18H28ClN2O2SSi. The van der Waals surface area contributed by atoms with Crippen molar-refractivity contribution in [2.75, 3.05) is 20.3 Å². The molecule has 4 nitrogen and oxygen atoms in total. The molecule has 1 heterocycles. The van der Waals surface area contributed by atoms with Crippen molar-refractivity contribution in [2.45, 2.75) is 44.4 Å². The largest absolute Gasteiger partial charge is 0.413 e. The first kappa shape index (κ1) is 20.6. The fourth-order valence-electron chi connectivity index (χ4n) is 2.93. The SMILES string of the molecule is CN1C(Sc2cccc(Cl)c2)=C(CO)NC1(CO[Si](C)C)C(C)(C)C. The maximum Gasteiger partial charge on any atom is 0.205 e. The second-order valence-corrected chi connectivity index (χ2v) is 11.1. The number of rotatable bonds is 6. The van der Waals surface area contributed by atoms with Crippen LogP contribution in [0.5, 0.6) is 0 Å². The summed E-state index contributed by atoms with van der Waals surface area (Å²) in [6.45, 7) is 11.4. The van der Waals surface area contributed by atoms with Gasteiger partial charge in [0.1, 0.15) is 5.66 Å². The molecule has 0 aromatic heterocycles. The van der Waals surface area contributed by atoms with E-state index >= 15 is 0 Å². The van der Waals surface area contributed by atoms with Crippen LogP contribution in [0.2, 0.25) is 18.1 Å². The van der Waals surface area contributed by atoms with E-state index in [0.717, 1.165) is 15.6 Å². The molecular weight excluding hydrogens is 372 g/mol. The van der Waals surface area contributed by atoms with Gasteiger partial charge in [-0.15, -0.1) is 0 Å². The molecule has 0 saturated heterocycles. The minimum Gasteiger partial charge on any atom is -0.413 e. The number of hydrogen-bond donors (Lipinski definition) is 2. The Bertz CT molecular complexity index is 648. The Labute approximate surface area is 162 Å². The number of aliphatic hydroxyl groups is 1. The van der Waals surface area contributed by atoms with Crippen LogP contribution in [0.3, 0.4) is 0 Å². The summed E-state index contributed by atoms with van der Waals surface area (Å²) in [5, 5.41) is 15.2. The average Bonchev–Trinajstić information content (AvgIpc) is 2.78. The molecule has 0 aliphatic carbocycles. The van der Waals surface area contributed by atoms with E-state index in [1.54, 1.807) is 11.8 Å². The Kier molecular flexibility index (Phi) is 6.54. The monoisotopic (exact) mass is 399 g/mol. The molecule has 1 atom stereocenters. The molecule has 1 aliphatic heterocycles. The third-order valence-electron chi connectivity index (χ3n) is 4.47. The van der Waals surface area contributed by atoms with Crippen molar-refractivity contribution in [1.82, 2.24) is 10.2 Å². The third-order valence-corrected chi connectivity index (χ3v) is 6.63. The molecule has 1 aromatic carbocycles. The molecule has 1 unspecified atom stereocenters. The molecule has 1 aromatic rings. The van der Waals surface area contributed by atoms with Crippen LogP contribution in [0.4, 0.5) is 0 Å². The van der Waals surface area contributed by atoms with Gasteiger partial charge in [-0.2, -0.15) is 0 Å². The molecule has 2 N–H and O–H groups in total. The number of aliphatic hydroxyl groups excluding tert-OH is 1. The van der Waals surface area contributed by atoms with Crippen molar-refractivity contribution in [3.05, 3.63) is 40.0 Å². The zero-order valence-corrected chi connectivity index (χ0v) is 18.4. The molecule has 1 radical (unpaired) electrons. The summed E-state index contributed by atoms with van der Waals surface area (Å²) in [6.07, 6.45) is 0. The van der Waals surface area contributed by atoms with Gasteiger partial charge in [-0.25, -0.2) is 0 Å². The zero-order chi connectivity index (χ0) is 18.8. The Morgan fingerprint density at radius 3 is 2.56 bits per heavy atom. The summed E-state index contributed by atoms with van der Waals surface area (Å²) in [5.74, 6) is 0. The number of likely N-dealkylation sites (N-methyl/N-ethyl adjacent to an activating group) is 1. The van der Waals surface area contributed by atoms with Crippen LogP contribution in [0.25, 0.3) is 0 Å². The fraction of sp³-hybridized carbons (Fsp3) is 0.556. The quantitative estimate of drug-likeness (QED) is 0.704. The highest BCUT2D eigenvalue weighted by Crippen LogP contribution is 2.45. The predicted octanol–water partition coefficient (Wildman–Crippen LogP) is 4.14. The van der Waals surface area contributed by atoms with Crippen molar-refractivity contribution in [3.63, 3.8) is 0 Å². The van der Waals surface area contributed by atoms with E-state index in [1.165, 1.54) is 0 Å². The summed E-state index contributed by atoms with van der Waals surface area (Å²) < 4.78 is 6.10. The summed E-state index contributed by atoms with van der Waals surface area (Å²) in [4.78, 5) is 3.26. The molecule has 7 heteroatoms. The molecule has 0 fully saturated rings. The van der Waals surface area contributed by atoms with Gasteiger partial charge in [0.05, 0.1) is 23.9 Å². The van der Waals surface area contributed by atoms with Crippen molar-refractivity contribution >= 4 is 32.4 Å². The van der Waals surface area contributed by atoms with Crippen LogP contribution in [0, 0.1) is 5.41 Å². The second-order valence-electron chi connectivity index (χ2n) is 7.49. The Morgan fingerprint density at radius 1 is 1.36 bits per heavy atom. The van der Waals surface area contributed by atoms with Crippen LogP contribution in [0.15, 0.2) is 39.9 Å². The smallest absolute Gasteiger partial charge is 0.205 e. The standard InChI is InChI=1S/C18H28ClN2O2SSi/c1-17(2,3)18(12-23-25(5)6)20-15(11-22)16(21(18)4)24-14-9-7-8-13(19)10-14/h7-10,20,22H,11-12H2,1-6H3. The van der Waals surface area contributed by atoms with E-state index in [4.69, 9.17) is 16.0 Å². The predicted molar refractivity (Wildman–Crippen MR) is 108 cm³/mol. The van der Waals surface area contributed by atoms with Crippen molar-refractivity contribution in [2.24, 2.45) is 5.41 Å². The van der Waals surface area contributed by atoms with Gasteiger partial charge in [-0.1, -0.05) is 50.2 Å². The van der Waals surface area contributed by atoms with Gasteiger partial charge in [0, 0.05) is 22.4 Å². The first-order valence-electron chi connectivity index (χ1n) is 8.33. The van der Waals surface area contributed by atoms with E-state index in [2.05, 4.69) is 51.1 Å². The highest BCUT2D eigenvalue weighted by Gasteiger charge is 2.51. The Morgan fingerprint density at radius 2 is 2.04 bits per heavy atom. The number of nitrogens with one attached hydrogen (secondary N) is 1. The lowest BCUT2D eigenvalue weighted by Gasteiger charge is -2.48.